The predicted octanol–water partition coefficient (Wildman–Crippen LogP) is -1.29. The number of aromatic nitrogens is 2. The Morgan fingerprint density at radius 1 is 0.756 bits per heavy atom. The number of aliphatic hydroxyl groups is 1. The van der Waals surface area contributed by atoms with Gasteiger partial charge in [-0.2, -0.15) is 0 Å². The number of imidazole rings is 1. The van der Waals surface area contributed by atoms with E-state index in [0.29, 0.717) is 16.8 Å². The highest BCUT2D eigenvalue weighted by molar-refractivity contribution is 5.94. The number of benzene rings is 2. The number of nitrogens with zero attached hydrogens (tertiary/aromatic N) is 1. The summed E-state index contributed by atoms with van der Waals surface area (Å²) in [6.45, 7) is -0.665. The summed E-state index contributed by atoms with van der Waals surface area (Å²) in [4.78, 5) is 57.9. The van der Waals surface area contributed by atoms with E-state index >= 15 is 0 Å². The number of hydrogen-bond acceptors (Lipinski definition) is 9. The van der Waals surface area contributed by atoms with Crippen molar-refractivity contribution in [1.82, 2.24) is 25.9 Å². The van der Waals surface area contributed by atoms with Crippen LogP contribution in [-0.4, -0.2) is 84.9 Å². The number of aromatic hydroxyl groups is 2. The minimum atomic E-state index is -1.36. The normalized spacial score (nSPS) is 13.8. The number of H-pyrrole nitrogens is 1. The first kappa shape index (κ1) is 30.6. The molecule has 0 fully saturated rings. The van der Waals surface area contributed by atoms with Crippen molar-refractivity contribution < 1.29 is 39.6 Å². The highest BCUT2D eigenvalue weighted by Gasteiger charge is 2.31. The SMILES string of the molecule is NC(CO)C(=O)NC(Cc1ccc(O)cc1)C(=O)NC(Cc1cnc[nH]1)C(=O)NC(Cc1ccc(O)cc1)C(=O)O. The van der Waals surface area contributed by atoms with Gasteiger partial charge in [0.05, 0.1) is 12.9 Å². The molecule has 0 bridgehead atoms. The molecule has 14 nitrogen and oxygen atoms in total. The van der Waals surface area contributed by atoms with Crippen LogP contribution < -0.4 is 21.7 Å². The first-order valence-electron chi connectivity index (χ1n) is 12.6. The maximum absolute atomic E-state index is 13.4. The molecule has 0 saturated heterocycles. The van der Waals surface area contributed by atoms with Crippen LogP contribution >= 0.6 is 0 Å². The Kier molecular flexibility index (Phi) is 10.8. The maximum Gasteiger partial charge on any atom is 0.326 e. The Bertz CT molecular complexity index is 1310. The van der Waals surface area contributed by atoms with Crippen LogP contribution in [0.2, 0.25) is 0 Å². The van der Waals surface area contributed by atoms with E-state index in [1.54, 1.807) is 12.1 Å². The molecular weight excluding hydrogens is 536 g/mol. The number of phenolic OH excluding ortho intramolecular Hbond substituents is 2. The average molecular weight is 569 g/mol. The van der Waals surface area contributed by atoms with E-state index in [9.17, 15) is 39.6 Å². The van der Waals surface area contributed by atoms with E-state index in [-0.39, 0.29) is 30.8 Å². The van der Waals surface area contributed by atoms with Gasteiger partial charge in [0, 0.05) is 31.2 Å². The highest BCUT2D eigenvalue weighted by Crippen LogP contribution is 2.13. The highest BCUT2D eigenvalue weighted by atomic mass is 16.4. The number of carboxylic acids is 1. The summed E-state index contributed by atoms with van der Waals surface area (Å²) >= 11 is 0. The molecule has 0 aliphatic heterocycles. The van der Waals surface area contributed by atoms with Crippen molar-refractivity contribution in [2.45, 2.75) is 43.4 Å². The first-order valence-corrected chi connectivity index (χ1v) is 12.6. The van der Waals surface area contributed by atoms with E-state index in [4.69, 9.17) is 5.73 Å². The molecular formula is C27H32N6O8. The van der Waals surface area contributed by atoms with Crippen LogP contribution in [-0.2, 0) is 38.4 Å². The number of amides is 3. The van der Waals surface area contributed by atoms with Crippen LogP contribution in [0.3, 0.4) is 0 Å². The largest absolute Gasteiger partial charge is 0.508 e. The van der Waals surface area contributed by atoms with E-state index in [1.807, 2.05) is 0 Å². The molecule has 1 aromatic heterocycles. The summed E-state index contributed by atoms with van der Waals surface area (Å²) in [5.74, 6) is -3.70. The van der Waals surface area contributed by atoms with Gasteiger partial charge in [-0.05, 0) is 35.4 Å². The van der Waals surface area contributed by atoms with Crippen LogP contribution in [0.5, 0.6) is 11.5 Å². The van der Waals surface area contributed by atoms with E-state index < -0.39 is 54.5 Å². The molecule has 4 unspecified atom stereocenters. The van der Waals surface area contributed by atoms with Crippen molar-refractivity contribution in [2.75, 3.05) is 6.61 Å². The van der Waals surface area contributed by atoms with Gasteiger partial charge in [0.25, 0.3) is 0 Å². The molecule has 3 rings (SSSR count). The topological polar surface area (TPSA) is 240 Å². The molecule has 41 heavy (non-hydrogen) atoms. The van der Waals surface area contributed by atoms with Gasteiger partial charge in [-0.3, -0.25) is 14.4 Å². The summed E-state index contributed by atoms with van der Waals surface area (Å²) in [5.41, 5.74) is 7.18. The first-order chi connectivity index (χ1) is 19.5. The number of carbonyl (C=O) groups is 4. The Morgan fingerprint density at radius 3 is 1.68 bits per heavy atom. The van der Waals surface area contributed by atoms with Crippen molar-refractivity contribution in [3.63, 3.8) is 0 Å². The molecule has 1 heterocycles. The average Bonchev–Trinajstić information content (AvgIpc) is 3.46. The molecule has 0 saturated carbocycles. The van der Waals surface area contributed by atoms with Crippen molar-refractivity contribution in [3.05, 3.63) is 77.9 Å². The van der Waals surface area contributed by atoms with Gasteiger partial charge >= 0.3 is 5.97 Å². The molecule has 0 radical (unpaired) electrons. The fourth-order valence-electron chi connectivity index (χ4n) is 3.88. The lowest BCUT2D eigenvalue weighted by Crippen LogP contribution is -2.58. The lowest BCUT2D eigenvalue weighted by Gasteiger charge is -2.25. The van der Waals surface area contributed by atoms with E-state index in [1.165, 1.54) is 48.9 Å². The van der Waals surface area contributed by atoms with Crippen LogP contribution in [0.15, 0.2) is 61.1 Å². The monoisotopic (exact) mass is 568 g/mol. The summed E-state index contributed by atoms with van der Waals surface area (Å²) in [5, 5.41) is 45.5. The second-order valence-electron chi connectivity index (χ2n) is 9.33. The van der Waals surface area contributed by atoms with Gasteiger partial charge in [-0.15, -0.1) is 0 Å². The lowest BCUT2D eigenvalue weighted by atomic mass is 10.0. The summed E-state index contributed by atoms with van der Waals surface area (Å²) in [6.07, 6.45) is 2.59. The number of aliphatic hydroxyl groups excluding tert-OH is 1. The number of nitrogens with two attached hydrogens (primary N) is 1. The molecule has 218 valence electrons. The number of aliphatic carboxylic acids is 1. The van der Waals surface area contributed by atoms with Gasteiger partial charge in [-0.25, -0.2) is 9.78 Å². The lowest BCUT2D eigenvalue weighted by molar-refractivity contribution is -0.142. The third kappa shape index (κ3) is 9.33. The number of carbonyl (C=O) groups excluding carboxylic acids is 3. The molecule has 0 aliphatic rings. The van der Waals surface area contributed by atoms with Crippen molar-refractivity contribution >= 4 is 23.7 Å². The number of rotatable bonds is 14. The maximum atomic E-state index is 13.4. The molecule has 2 aromatic carbocycles. The molecule has 14 heteroatoms. The van der Waals surface area contributed by atoms with Gasteiger partial charge in [0.1, 0.15) is 35.7 Å². The standard InChI is InChI=1S/C27H32N6O8/c28-20(13-34)24(37)31-21(9-15-1-5-18(35)6-2-15)25(38)32-22(11-17-12-29-14-30-17)26(39)33-23(27(40)41)10-16-3-7-19(36)8-4-16/h1-8,12,14,20-23,34-36H,9-11,13,28H2,(H,29,30)(H,31,37)(H,32,38)(H,33,39)(H,40,41). The zero-order valence-corrected chi connectivity index (χ0v) is 21.9. The van der Waals surface area contributed by atoms with Crippen molar-refractivity contribution in [1.29, 1.82) is 0 Å². The number of phenols is 2. The Balaban J connectivity index is 1.81. The second-order valence-corrected chi connectivity index (χ2v) is 9.33. The summed E-state index contributed by atoms with van der Waals surface area (Å²) in [7, 11) is 0. The zero-order valence-electron chi connectivity index (χ0n) is 21.9. The fraction of sp³-hybridized carbons (Fsp3) is 0.296. The van der Waals surface area contributed by atoms with Crippen molar-refractivity contribution in [2.24, 2.45) is 5.73 Å². The quantitative estimate of drug-likeness (QED) is 0.111. The third-order valence-corrected chi connectivity index (χ3v) is 6.15. The molecule has 3 amide bonds. The summed E-state index contributed by atoms with van der Waals surface area (Å²) < 4.78 is 0. The second kappa shape index (κ2) is 14.4. The fourth-order valence-corrected chi connectivity index (χ4v) is 3.88. The predicted molar refractivity (Wildman–Crippen MR) is 144 cm³/mol. The Labute approximate surface area is 234 Å². The van der Waals surface area contributed by atoms with Gasteiger partial charge < -0.3 is 47.1 Å². The Morgan fingerprint density at radius 2 is 1.22 bits per heavy atom. The number of carboxylic acid groups (broad SMARTS) is 1. The van der Waals surface area contributed by atoms with Gasteiger partial charge in [0.15, 0.2) is 0 Å². The van der Waals surface area contributed by atoms with Crippen LogP contribution in [0, 0.1) is 0 Å². The molecule has 3 aromatic rings. The van der Waals surface area contributed by atoms with Crippen LogP contribution in [0.25, 0.3) is 0 Å². The van der Waals surface area contributed by atoms with E-state index in [2.05, 4.69) is 25.9 Å². The smallest absolute Gasteiger partial charge is 0.326 e. The zero-order chi connectivity index (χ0) is 29.9. The molecule has 0 aliphatic carbocycles. The van der Waals surface area contributed by atoms with Crippen molar-refractivity contribution in [3.8, 4) is 11.5 Å². The van der Waals surface area contributed by atoms with Crippen LogP contribution in [0.1, 0.15) is 16.8 Å². The molecule has 0 spiro atoms. The minimum Gasteiger partial charge on any atom is -0.508 e. The molecule has 4 atom stereocenters. The Hall–Kier alpha value is -4.95. The summed E-state index contributed by atoms with van der Waals surface area (Å²) in [6, 6.07) is 6.54. The van der Waals surface area contributed by atoms with Crippen LogP contribution in [0.4, 0.5) is 0 Å². The minimum absolute atomic E-state index is 0.000823. The number of aromatic amines is 1. The van der Waals surface area contributed by atoms with Gasteiger partial charge in [0.2, 0.25) is 17.7 Å². The number of nitrogens with one attached hydrogen (secondary N) is 4. The number of hydrogen-bond donors (Lipinski definition) is 9. The molecule has 10 N–H and O–H groups in total. The van der Waals surface area contributed by atoms with E-state index in [0.717, 1.165) is 0 Å². The third-order valence-electron chi connectivity index (χ3n) is 6.15. The van der Waals surface area contributed by atoms with Gasteiger partial charge in [-0.1, -0.05) is 24.3 Å².